The van der Waals surface area contributed by atoms with Crippen molar-refractivity contribution in [3.8, 4) is 0 Å². The molecule has 9 nitrogen and oxygen atoms in total. The van der Waals surface area contributed by atoms with Gasteiger partial charge in [-0.3, -0.25) is 14.0 Å². The summed E-state index contributed by atoms with van der Waals surface area (Å²) in [5, 5.41) is 7.89. The smallest absolute Gasteiger partial charge is 0.337 e. The van der Waals surface area contributed by atoms with Gasteiger partial charge in [-0.15, -0.1) is 0 Å². The number of benzene rings is 1. The molecule has 1 aromatic rings. The van der Waals surface area contributed by atoms with E-state index < -0.39 is 10.6 Å². The lowest BCUT2D eigenvalue weighted by Crippen LogP contribution is -2.69. The fraction of sp³-hybridized carbons (Fsp3) is 0.778. The second-order valence-corrected chi connectivity index (χ2v) is 22.7. The van der Waals surface area contributed by atoms with Gasteiger partial charge in [0, 0.05) is 56.8 Å². The first-order valence-corrected chi connectivity index (χ1v) is 23.6. The molecule has 0 radical (unpaired) electrons. The fourth-order valence-electron chi connectivity index (χ4n) is 14.7. The molecule has 4 saturated carbocycles. The molecule has 4 N–H and O–H groups in total. The summed E-state index contributed by atoms with van der Waals surface area (Å²) in [4.78, 5) is 30.4. The van der Waals surface area contributed by atoms with E-state index in [1.54, 1.807) is 0 Å². The SMILES string of the molecule is COC(=O)c1ccc(C2=CC[C@]3(C)[C@H]4CC[C@@H]5[C@H]6[C@H](NC(=O)N7CCCC7)CC[C@]6(NCCN6CCS(O)(O)CC6)CC[C@@]5(C)[C@]4(C)CC[C@H]3C2(C)C)cc1. The maximum atomic E-state index is 13.8. The predicted molar refractivity (Wildman–Crippen MR) is 222 cm³/mol. The number of fused-ring (bicyclic) bond motifs is 7. The van der Waals surface area contributed by atoms with Crippen molar-refractivity contribution in [3.05, 3.63) is 41.5 Å². The fourth-order valence-corrected chi connectivity index (χ4v) is 16.0. The molecule has 2 aliphatic heterocycles. The predicted octanol–water partition coefficient (Wildman–Crippen LogP) is 8.51. The van der Waals surface area contributed by atoms with Gasteiger partial charge < -0.3 is 20.3 Å². The second kappa shape index (κ2) is 14.3. The minimum atomic E-state index is -2.40. The maximum absolute atomic E-state index is 13.8. The third-order valence-electron chi connectivity index (χ3n) is 17.7. The number of carbonyl (C=O) groups is 2. The van der Waals surface area contributed by atoms with Crippen LogP contribution in [0.3, 0.4) is 0 Å². The van der Waals surface area contributed by atoms with E-state index in [1.165, 1.54) is 50.4 Å². The molecule has 2 saturated heterocycles. The topological polar surface area (TPSA) is 114 Å². The Morgan fingerprint density at radius 3 is 2.25 bits per heavy atom. The number of methoxy groups -OCH3 is 1. The number of urea groups is 1. The van der Waals surface area contributed by atoms with Crippen LogP contribution in [0.25, 0.3) is 5.57 Å². The average Bonchev–Trinajstić information content (AvgIpc) is 3.82. The Labute approximate surface area is 332 Å². The monoisotopic (exact) mass is 779 g/mol. The highest BCUT2D eigenvalue weighted by Gasteiger charge is 2.70. The van der Waals surface area contributed by atoms with Crippen LogP contribution in [0.15, 0.2) is 30.3 Å². The molecule has 7 aliphatic rings. The normalized spacial score (nSPS) is 41.2. The Balaban J connectivity index is 1.06. The standard InChI is InChI=1S/C45H70N4O5S/c1-41(2)33(31-9-11-32(12-10-31)39(50)54-6)15-18-42(3)36(41)17-19-44(5)37(42)14-13-34-38-35(47-40(51)49-24-7-8-25-49)16-20-45(38,22-21-43(34,44)4)46-23-26-48-27-29-55(52,53)30-28-48/h9-12,15,34-38,46,52-53H,7-8,13-14,16-30H2,1-6H3,(H,47,51)/t34-,35-,36+,37-,38+,42+,43-,44-,45+/m1/s1. The van der Waals surface area contributed by atoms with Crippen molar-refractivity contribution in [2.75, 3.05) is 57.9 Å². The van der Waals surface area contributed by atoms with Gasteiger partial charge in [-0.25, -0.2) is 9.59 Å². The molecule has 0 spiro atoms. The van der Waals surface area contributed by atoms with Gasteiger partial charge in [0.05, 0.1) is 24.2 Å². The summed E-state index contributed by atoms with van der Waals surface area (Å²) < 4.78 is 25.4. The van der Waals surface area contributed by atoms with Crippen molar-refractivity contribution in [2.45, 2.75) is 117 Å². The largest absolute Gasteiger partial charge is 0.465 e. The van der Waals surface area contributed by atoms with E-state index in [0.29, 0.717) is 40.7 Å². The molecular weight excluding hydrogens is 709 g/mol. The van der Waals surface area contributed by atoms with E-state index in [4.69, 9.17) is 4.74 Å². The Bertz CT molecular complexity index is 1650. The van der Waals surface area contributed by atoms with Crippen LogP contribution in [0, 0.1) is 45.3 Å². The molecule has 6 fully saturated rings. The van der Waals surface area contributed by atoms with Crippen molar-refractivity contribution in [1.82, 2.24) is 20.4 Å². The zero-order chi connectivity index (χ0) is 39.0. The lowest BCUT2D eigenvalue weighted by atomic mass is 9.33. The first kappa shape index (κ1) is 39.7. The van der Waals surface area contributed by atoms with Gasteiger partial charge in [-0.05, 0) is 133 Å². The van der Waals surface area contributed by atoms with E-state index in [2.05, 4.69) is 73.3 Å². The van der Waals surface area contributed by atoms with Crippen LogP contribution in [-0.2, 0) is 4.74 Å². The molecular formula is C45H70N4O5S. The number of hydrogen-bond donors (Lipinski definition) is 4. The van der Waals surface area contributed by atoms with E-state index in [1.807, 2.05) is 12.1 Å². The third-order valence-corrected chi connectivity index (χ3v) is 19.4. The molecule has 2 amide bonds. The van der Waals surface area contributed by atoms with Gasteiger partial charge in [0.1, 0.15) is 0 Å². The molecule has 306 valence electrons. The summed E-state index contributed by atoms with van der Waals surface area (Å²) in [6.45, 7) is 18.1. The molecule has 2 heterocycles. The van der Waals surface area contributed by atoms with Crippen LogP contribution in [0.2, 0.25) is 0 Å². The van der Waals surface area contributed by atoms with E-state index >= 15 is 0 Å². The summed E-state index contributed by atoms with van der Waals surface area (Å²) in [7, 11) is -0.962. The number of ether oxygens (including phenoxy) is 1. The zero-order valence-electron chi connectivity index (χ0n) is 34.6. The van der Waals surface area contributed by atoms with Crippen molar-refractivity contribution in [2.24, 2.45) is 45.3 Å². The van der Waals surface area contributed by atoms with E-state index in [0.717, 1.165) is 77.8 Å². The van der Waals surface area contributed by atoms with Crippen LogP contribution in [0.1, 0.15) is 121 Å². The Kier molecular flexibility index (Phi) is 10.3. The molecule has 55 heavy (non-hydrogen) atoms. The lowest BCUT2D eigenvalue weighted by Gasteiger charge is -2.72. The van der Waals surface area contributed by atoms with Gasteiger partial charge in [0.2, 0.25) is 0 Å². The third kappa shape index (κ3) is 6.51. The van der Waals surface area contributed by atoms with E-state index in [9.17, 15) is 18.7 Å². The number of allylic oxidation sites excluding steroid dienone is 2. The van der Waals surface area contributed by atoms with Gasteiger partial charge >= 0.3 is 12.0 Å². The van der Waals surface area contributed by atoms with E-state index in [-0.39, 0.29) is 45.2 Å². The summed E-state index contributed by atoms with van der Waals surface area (Å²) in [5.41, 5.74) is 3.85. The maximum Gasteiger partial charge on any atom is 0.337 e. The highest BCUT2D eigenvalue weighted by Crippen LogP contribution is 2.76. The average molecular weight is 779 g/mol. The van der Waals surface area contributed by atoms with Gasteiger partial charge in [0.25, 0.3) is 0 Å². The molecule has 1 aromatic carbocycles. The summed E-state index contributed by atoms with van der Waals surface area (Å²) >= 11 is 0. The highest BCUT2D eigenvalue weighted by molar-refractivity contribution is 8.24. The number of likely N-dealkylation sites (tertiary alicyclic amines) is 1. The highest BCUT2D eigenvalue weighted by atomic mass is 32.3. The van der Waals surface area contributed by atoms with Gasteiger partial charge in [-0.1, -0.05) is 52.8 Å². The van der Waals surface area contributed by atoms with Crippen molar-refractivity contribution >= 4 is 28.2 Å². The summed E-state index contributed by atoms with van der Waals surface area (Å²) in [6.07, 6.45) is 15.3. The lowest BCUT2D eigenvalue weighted by molar-refractivity contribution is -0.218. The number of rotatable bonds is 7. The first-order chi connectivity index (χ1) is 26.1. The quantitative estimate of drug-likeness (QED) is 0.205. The van der Waals surface area contributed by atoms with Gasteiger partial charge in [0.15, 0.2) is 0 Å². The number of nitrogens with zero attached hydrogens (tertiary/aromatic N) is 2. The molecule has 0 unspecified atom stereocenters. The number of carbonyl (C=O) groups excluding carboxylic acids is 2. The molecule has 10 heteroatoms. The summed E-state index contributed by atoms with van der Waals surface area (Å²) in [5.74, 6) is 2.83. The second-order valence-electron chi connectivity index (χ2n) is 20.2. The van der Waals surface area contributed by atoms with Crippen LogP contribution in [0.4, 0.5) is 4.79 Å². The Morgan fingerprint density at radius 1 is 0.855 bits per heavy atom. The molecule has 0 bridgehead atoms. The minimum Gasteiger partial charge on any atom is -0.465 e. The van der Waals surface area contributed by atoms with Crippen molar-refractivity contribution in [3.63, 3.8) is 0 Å². The first-order valence-electron chi connectivity index (χ1n) is 21.7. The Morgan fingerprint density at radius 2 is 1.56 bits per heavy atom. The molecule has 9 atom stereocenters. The van der Waals surface area contributed by atoms with Crippen LogP contribution in [0.5, 0.6) is 0 Å². The summed E-state index contributed by atoms with van der Waals surface area (Å²) in [6, 6.07) is 8.40. The number of hydrogen-bond acceptors (Lipinski definition) is 7. The number of esters is 1. The number of nitrogens with one attached hydrogen (secondary N) is 2. The minimum absolute atomic E-state index is 0.00637. The van der Waals surface area contributed by atoms with Gasteiger partial charge in [-0.2, -0.15) is 10.6 Å². The number of amides is 2. The van der Waals surface area contributed by atoms with Crippen LogP contribution in [-0.4, -0.2) is 100 Å². The molecule has 8 rings (SSSR count). The zero-order valence-corrected chi connectivity index (χ0v) is 35.4. The Hall–Kier alpha value is -2.11. The van der Waals surface area contributed by atoms with Crippen molar-refractivity contribution in [1.29, 1.82) is 0 Å². The van der Waals surface area contributed by atoms with Crippen LogP contribution >= 0.6 is 10.6 Å². The van der Waals surface area contributed by atoms with Crippen LogP contribution < -0.4 is 10.6 Å². The molecule has 0 aromatic heterocycles. The molecule has 5 aliphatic carbocycles. The van der Waals surface area contributed by atoms with Crippen molar-refractivity contribution < 1.29 is 23.4 Å².